The van der Waals surface area contributed by atoms with Gasteiger partial charge < -0.3 is 20.4 Å². The highest BCUT2D eigenvalue weighted by molar-refractivity contribution is 6.31. The number of hydrogen-bond acceptors (Lipinski definition) is 8. The minimum Gasteiger partial charge on any atom is -0.505 e. The molecule has 2 heterocycles. The Bertz CT molecular complexity index is 1820. The van der Waals surface area contributed by atoms with Gasteiger partial charge in [-0.25, -0.2) is 0 Å². The second kappa shape index (κ2) is 12.2. The number of aryl methyl sites for hydroxylation is 2. The van der Waals surface area contributed by atoms with Crippen LogP contribution in [0.15, 0.2) is 60.7 Å². The highest BCUT2D eigenvalue weighted by atomic mass is 35.5. The molecule has 2 aromatic heterocycles. The molecule has 0 amide bonds. The Labute approximate surface area is 256 Å². The fraction of sp³-hybridized carbons (Fsp3) is 0.226. The lowest BCUT2D eigenvalue weighted by molar-refractivity contribution is 0.288. The first-order chi connectivity index (χ1) is 20.8. The van der Waals surface area contributed by atoms with Gasteiger partial charge in [0.1, 0.15) is 44.9 Å². The topological polar surface area (TPSA) is 142 Å². The number of fused-ring (bicyclic) bond motifs is 2. The van der Waals surface area contributed by atoms with Crippen LogP contribution in [-0.4, -0.2) is 63.6 Å². The van der Waals surface area contributed by atoms with Gasteiger partial charge in [-0.3, -0.25) is 0 Å². The quantitative estimate of drug-likeness (QED) is 0.162. The predicted molar refractivity (Wildman–Crippen MR) is 165 cm³/mol. The smallest absolute Gasteiger partial charge is 0.146 e. The zero-order chi connectivity index (χ0) is 30.1. The van der Waals surface area contributed by atoms with Gasteiger partial charge in [-0.1, -0.05) is 35.3 Å². The molecule has 43 heavy (non-hydrogen) atoms. The van der Waals surface area contributed by atoms with Gasteiger partial charge in [-0.05, 0) is 85.3 Å². The molecule has 220 valence electrons. The Morgan fingerprint density at radius 1 is 0.558 bits per heavy atom. The van der Waals surface area contributed by atoms with Gasteiger partial charge in [-0.2, -0.15) is 0 Å². The van der Waals surface area contributed by atoms with Crippen LogP contribution in [0, 0.1) is 0 Å². The first-order valence-corrected chi connectivity index (χ1v) is 14.6. The molecule has 4 aromatic carbocycles. The number of aliphatic hydroxyl groups is 2. The molecule has 12 heteroatoms. The predicted octanol–water partition coefficient (Wildman–Crippen LogP) is 5.31. The van der Waals surface area contributed by atoms with E-state index in [4.69, 9.17) is 23.2 Å². The molecular weight excluding hydrogens is 591 g/mol. The average molecular weight is 620 g/mol. The lowest BCUT2D eigenvalue weighted by Gasteiger charge is -2.16. The standard InChI is InChI=1S/C31H28Cl2N6O4/c32-22-5-7-24-26(16-22)36-38(34-24)28-13-18(3-1-9-40)11-20(30(28)42)15-21-12-19(4-2-10-41)14-29(31(21)43)39-35-25-8-6-23(33)17-27(25)37-39/h5-8,11-14,16-17,40-43H,1-4,9-10,15H2. The monoisotopic (exact) mass is 618 g/mol. The Kier molecular flexibility index (Phi) is 8.18. The summed E-state index contributed by atoms with van der Waals surface area (Å²) in [6.07, 6.45) is 2.34. The number of hydrogen-bond donors (Lipinski definition) is 4. The van der Waals surface area contributed by atoms with Crippen molar-refractivity contribution in [1.29, 1.82) is 0 Å². The number of phenolic OH excluding ortho intramolecular Hbond substituents is 2. The van der Waals surface area contributed by atoms with E-state index in [-0.39, 0.29) is 31.1 Å². The van der Waals surface area contributed by atoms with Gasteiger partial charge in [0.05, 0.1) is 0 Å². The van der Waals surface area contributed by atoms with E-state index in [0.717, 1.165) is 11.1 Å². The minimum absolute atomic E-state index is 0.0153. The van der Waals surface area contributed by atoms with Gasteiger partial charge in [0.25, 0.3) is 0 Å². The van der Waals surface area contributed by atoms with E-state index in [1.807, 2.05) is 12.1 Å². The van der Waals surface area contributed by atoms with Crippen LogP contribution < -0.4 is 0 Å². The Morgan fingerprint density at radius 3 is 1.40 bits per heavy atom. The number of phenols is 2. The third-order valence-corrected chi connectivity index (χ3v) is 7.67. The lowest BCUT2D eigenvalue weighted by atomic mass is 9.95. The molecule has 0 radical (unpaired) electrons. The molecule has 10 nitrogen and oxygen atoms in total. The van der Waals surface area contributed by atoms with Crippen molar-refractivity contribution in [3.63, 3.8) is 0 Å². The summed E-state index contributed by atoms with van der Waals surface area (Å²) in [5.74, 6) is -0.0862. The molecule has 0 aliphatic rings. The normalized spacial score (nSPS) is 11.6. The van der Waals surface area contributed by atoms with Crippen LogP contribution in [0.4, 0.5) is 0 Å². The van der Waals surface area contributed by atoms with Crippen LogP contribution in [-0.2, 0) is 19.3 Å². The van der Waals surface area contributed by atoms with Crippen molar-refractivity contribution in [1.82, 2.24) is 30.0 Å². The molecule has 0 bridgehead atoms. The Hall–Kier alpha value is -4.22. The first kappa shape index (κ1) is 28.9. The Balaban J connectivity index is 1.46. The van der Waals surface area contributed by atoms with E-state index < -0.39 is 0 Å². The van der Waals surface area contributed by atoms with Crippen molar-refractivity contribution in [2.75, 3.05) is 13.2 Å². The molecule has 0 atom stereocenters. The van der Waals surface area contributed by atoms with Gasteiger partial charge in [-0.15, -0.1) is 30.0 Å². The first-order valence-electron chi connectivity index (χ1n) is 13.8. The number of aromatic nitrogens is 6. The maximum Gasteiger partial charge on any atom is 0.146 e. The molecule has 6 rings (SSSR count). The van der Waals surface area contributed by atoms with Crippen molar-refractivity contribution in [3.8, 4) is 22.9 Å². The maximum absolute atomic E-state index is 11.5. The van der Waals surface area contributed by atoms with E-state index >= 15 is 0 Å². The number of halogens is 2. The van der Waals surface area contributed by atoms with E-state index in [9.17, 15) is 20.4 Å². The summed E-state index contributed by atoms with van der Waals surface area (Å²) >= 11 is 12.3. The van der Waals surface area contributed by atoms with Crippen LogP contribution in [0.2, 0.25) is 10.0 Å². The fourth-order valence-electron chi connectivity index (χ4n) is 5.11. The number of nitrogens with zero attached hydrogens (tertiary/aromatic N) is 6. The van der Waals surface area contributed by atoms with Crippen molar-refractivity contribution < 1.29 is 20.4 Å². The summed E-state index contributed by atoms with van der Waals surface area (Å²) in [5, 5.41) is 61.1. The summed E-state index contributed by atoms with van der Waals surface area (Å²) in [7, 11) is 0. The molecule has 0 aliphatic carbocycles. The summed E-state index contributed by atoms with van der Waals surface area (Å²) in [6, 6.07) is 17.7. The van der Waals surface area contributed by atoms with Crippen LogP contribution in [0.3, 0.4) is 0 Å². The van der Waals surface area contributed by atoms with Gasteiger partial charge in [0, 0.05) is 40.8 Å². The molecule has 0 spiro atoms. The molecule has 0 unspecified atom stereocenters. The van der Waals surface area contributed by atoms with Crippen LogP contribution in [0.5, 0.6) is 11.5 Å². The van der Waals surface area contributed by atoms with Crippen LogP contribution in [0.1, 0.15) is 35.1 Å². The summed E-state index contributed by atoms with van der Waals surface area (Å²) in [5.41, 5.74) is 5.93. The highest BCUT2D eigenvalue weighted by Gasteiger charge is 2.20. The van der Waals surface area contributed by atoms with Gasteiger partial charge >= 0.3 is 0 Å². The number of aromatic hydroxyl groups is 2. The Morgan fingerprint density at radius 2 is 0.977 bits per heavy atom. The summed E-state index contributed by atoms with van der Waals surface area (Å²) in [6.45, 7) is 0.0306. The van der Waals surface area contributed by atoms with Crippen molar-refractivity contribution in [2.45, 2.75) is 32.1 Å². The molecule has 6 aromatic rings. The molecule has 0 saturated heterocycles. The van der Waals surface area contributed by atoms with Crippen LogP contribution >= 0.6 is 23.2 Å². The second-order valence-corrected chi connectivity index (χ2v) is 11.2. The van der Waals surface area contributed by atoms with E-state index in [0.29, 0.717) is 80.3 Å². The third kappa shape index (κ3) is 6.00. The van der Waals surface area contributed by atoms with E-state index in [2.05, 4.69) is 20.4 Å². The zero-order valence-corrected chi connectivity index (χ0v) is 24.5. The third-order valence-electron chi connectivity index (χ3n) is 7.20. The highest BCUT2D eigenvalue weighted by Crippen LogP contribution is 2.35. The minimum atomic E-state index is -0.0431. The molecule has 0 saturated carbocycles. The van der Waals surface area contributed by atoms with Gasteiger partial charge in [0.2, 0.25) is 0 Å². The SMILES string of the molecule is OCCCc1cc(Cc2cc(CCCO)cc(-n3nc4ccc(Cl)cc4n3)c2O)c(O)c(-n2nc3ccc(Cl)cc3n2)c1. The van der Waals surface area contributed by atoms with E-state index in [1.54, 1.807) is 48.5 Å². The maximum atomic E-state index is 11.5. The zero-order valence-electron chi connectivity index (χ0n) is 23.0. The molecule has 4 N–H and O–H groups in total. The van der Waals surface area contributed by atoms with Crippen molar-refractivity contribution >= 4 is 45.3 Å². The number of aliphatic hydroxyl groups excluding tert-OH is 2. The fourth-order valence-corrected chi connectivity index (χ4v) is 5.44. The molecule has 0 aliphatic heterocycles. The summed E-state index contributed by atoms with van der Waals surface area (Å²) in [4.78, 5) is 2.74. The summed E-state index contributed by atoms with van der Waals surface area (Å²) < 4.78 is 0. The van der Waals surface area contributed by atoms with Crippen LogP contribution in [0.25, 0.3) is 33.4 Å². The van der Waals surface area contributed by atoms with Crippen molar-refractivity contribution in [2.24, 2.45) is 0 Å². The molecular formula is C31H28Cl2N6O4. The number of benzene rings is 4. The second-order valence-electron chi connectivity index (χ2n) is 10.3. The number of rotatable bonds is 10. The molecule has 0 fully saturated rings. The van der Waals surface area contributed by atoms with E-state index in [1.165, 1.54) is 9.59 Å². The largest absolute Gasteiger partial charge is 0.505 e. The van der Waals surface area contributed by atoms with Crippen molar-refractivity contribution in [3.05, 3.63) is 93.0 Å². The average Bonchev–Trinajstić information content (AvgIpc) is 3.61. The van der Waals surface area contributed by atoms with Gasteiger partial charge in [0.15, 0.2) is 0 Å². The lowest BCUT2D eigenvalue weighted by Crippen LogP contribution is -2.06.